The van der Waals surface area contributed by atoms with Crippen LogP contribution in [0, 0.1) is 23.7 Å². The number of allylic oxidation sites excluding steroid dienone is 4. The molecule has 1 aromatic carbocycles. The summed E-state index contributed by atoms with van der Waals surface area (Å²) in [6, 6.07) is 5.65. The number of hydrogen-bond acceptors (Lipinski definition) is 13. The summed E-state index contributed by atoms with van der Waals surface area (Å²) in [4.78, 5) is 31.7. The van der Waals surface area contributed by atoms with E-state index in [2.05, 4.69) is 145 Å². The van der Waals surface area contributed by atoms with E-state index in [0.717, 1.165) is 114 Å². The minimum absolute atomic E-state index is 0.0581. The molecule has 18 heteroatoms. The number of hydrogen-bond donors (Lipinski definition) is 6. The van der Waals surface area contributed by atoms with Gasteiger partial charge in [-0.15, -0.1) is 0 Å². The molecule has 1 amide bonds. The molecule has 89 heavy (non-hydrogen) atoms. The van der Waals surface area contributed by atoms with Gasteiger partial charge in [-0.1, -0.05) is 96.7 Å². The Bertz CT molecular complexity index is 2450. The Morgan fingerprint density at radius 2 is 1.60 bits per heavy atom. The molecule has 0 bridgehead atoms. The van der Waals surface area contributed by atoms with Crippen LogP contribution in [-0.4, -0.2) is 177 Å². The van der Waals surface area contributed by atoms with Gasteiger partial charge in [-0.2, -0.15) is 13.2 Å². The highest BCUT2D eigenvalue weighted by Gasteiger charge is 2.55. The Labute approximate surface area is 541 Å². The lowest BCUT2D eigenvalue weighted by Gasteiger charge is -2.60. The lowest BCUT2D eigenvalue weighted by atomic mass is 9.74. The van der Waals surface area contributed by atoms with E-state index in [0.29, 0.717) is 56.2 Å². The number of benzene rings is 1. The number of likely N-dealkylation sites (tertiary alicyclic amines) is 1. The number of carbonyl (C=O) groups excluding carboxylic acids is 1. The molecule has 504 valence electrons. The van der Waals surface area contributed by atoms with Crippen molar-refractivity contribution in [1.82, 2.24) is 56.4 Å². The van der Waals surface area contributed by atoms with Gasteiger partial charge >= 0.3 is 6.18 Å². The summed E-state index contributed by atoms with van der Waals surface area (Å²) in [7, 11) is 6.12. The molecule has 5 fully saturated rings. The summed E-state index contributed by atoms with van der Waals surface area (Å²) in [6.07, 6.45) is 28.4. The van der Waals surface area contributed by atoms with Crippen molar-refractivity contribution in [3.8, 4) is 0 Å². The van der Waals surface area contributed by atoms with Crippen molar-refractivity contribution in [1.29, 1.82) is 0 Å². The van der Waals surface area contributed by atoms with Gasteiger partial charge in [-0.05, 0) is 147 Å². The van der Waals surface area contributed by atoms with Crippen LogP contribution in [0.2, 0.25) is 5.02 Å². The number of nitrogens with zero attached hydrogens (tertiary/aromatic N) is 6. The third-order valence-electron chi connectivity index (χ3n) is 21.3. The Morgan fingerprint density at radius 1 is 0.865 bits per heavy atom. The van der Waals surface area contributed by atoms with Gasteiger partial charge in [0, 0.05) is 182 Å². The predicted molar refractivity (Wildman–Crippen MR) is 363 cm³/mol. The summed E-state index contributed by atoms with van der Waals surface area (Å²) in [5.41, 5.74) is 3.39. The zero-order valence-electron chi connectivity index (χ0n) is 57.0. The zero-order chi connectivity index (χ0) is 64.3. The van der Waals surface area contributed by atoms with Crippen molar-refractivity contribution in [2.75, 3.05) is 80.2 Å². The normalized spacial score (nSPS) is 30.0. The van der Waals surface area contributed by atoms with Gasteiger partial charge in [0.1, 0.15) is 0 Å². The third kappa shape index (κ3) is 20.9. The molecule has 0 aromatic heterocycles. The second-order valence-electron chi connectivity index (χ2n) is 28.2. The molecule has 4 heterocycles. The topological polar surface area (TPSA) is 127 Å². The fraction of sp³-hybridized carbons (Fsp3) is 0.775. The average Bonchev–Trinajstić information content (AvgIpc) is 1.56. The van der Waals surface area contributed by atoms with Gasteiger partial charge in [0.15, 0.2) is 0 Å². The first-order valence-electron chi connectivity index (χ1n) is 35.0. The van der Waals surface area contributed by atoms with E-state index in [9.17, 15) is 18.0 Å². The Balaban J connectivity index is 1.19. The molecule has 0 radical (unpaired) electrons. The lowest BCUT2D eigenvalue weighted by molar-refractivity contribution is -0.162. The van der Waals surface area contributed by atoms with E-state index in [1.807, 2.05) is 31.8 Å². The van der Waals surface area contributed by atoms with Crippen molar-refractivity contribution in [3.05, 3.63) is 82.3 Å². The molecule has 1 spiro atoms. The molecular formula is C71H120ClF3N12O2. The number of carbonyl (C=O) groups is 1. The van der Waals surface area contributed by atoms with Crippen LogP contribution >= 0.6 is 11.6 Å². The number of rotatable bonds is 12. The standard InChI is InChI=1S/C71H120ClF3N12O2/c1-13-51(4)65-45-80-64(31-42-89-12)53(6)79-46-66-67(69(88)85-38-20-15-21-39-85)56(9)87(66)68(50(2)3)54(7)82-70(32-18-19-33-70)49-77-36-35-76-34-30-59(28-26-58-27-29-62(63(72)44-58)71(73,74)75)78-37-41-83(10)47-61(43-57-23-16-14-17-24-57)84(11)48-60-25-22-40-86(60)55(8)52(5)81-65/h27,29-30,34,37,41,44,47-48,50-57,64-68,77-82H,13-26,28,31-33,35-36,38-40,42-43,45-46,49H2,1-12H3/t51-,52?,53?,54?,55-,56?,64-,65+,66?,67-,68-/m0/s1. The van der Waals surface area contributed by atoms with E-state index in [-0.39, 0.29) is 70.9 Å². The summed E-state index contributed by atoms with van der Waals surface area (Å²) in [5, 5.41) is 23.7. The number of piperidine rings is 1. The Hall–Kier alpha value is -3.68. The second-order valence-corrected chi connectivity index (χ2v) is 28.6. The first-order chi connectivity index (χ1) is 42.6. The maximum Gasteiger partial charge on any atom is 0.417 e. The van der Waals surface area contributed by atoms with Gasteiger partial charge < -0.3 is 56.2 Å². The average molecular weight is 1270 g/mol. The van der Waals surface area contributed by atoms with Gasteiger partial charge in [0.25, 0.3) is 0 Å². The van der Waals surface area contributed by atoms with Crippen LogP contribution < -0.4 is 31.9 Å². The highest BCUT2D eigenvalue weighted by Crippen LogP contribution is 2.41. The number of methoxy groups -OCH3 is 1. The van der Waals surface area contributed by atoms with Crippen molar-refractivity contribution < 1.29 is 22.7 Å². The molecule has 6 aliphatic rings. The molecule has 14 nitrogen and oxygen atoms in total. The van der Waals surface area contributed by atoms with Crippen LogP contribution in [0.4, 0.5) is 13.2 Å². The number of amides is 1. The second kappa shape index (κ2) is 35.6. The molecule has 5 unspecified atom stereocenters. The van der Waals surface area contributed by atoms with Gasteiger partial charge in [-0.3, -0.25) is 14.7 Å². The Morgan fingerprint density at radius 3 is 2.28 bits per heavy atom. The number of fused-ring (bicyclic) bond motifs is 2. The van der Waals surface area contributed by atoms with E-state index in [1.165, 1.54) is 74.9 Å². The number of aryl methyl sites for hydroxylation is 1. The fourth-order valence-electron chi connectivity index (χ4n) is 15.7. The van der Waals surface area contributed by atoms with Gasteiger partial charge in [-0.25, -0.2) is 0 Å². The van der Waals surface area contributed by atoms with E-state index in [1.54, 1.807) is 0 Å². The first-order valence-corrected chi connectivity index (χ1v) is 35.4. The number of nitrogens with one attached hydrogen (secondary N) is 6. The Kier molecular flexibility index (Phi) is 29.1. The fourth-order valence-corrected chi connectivity index (χ4v) is 16.0. The number of aliphatic imine (C=N–C) groups is 1. The van der Waals surface area contributed by atoms with Gasteiger partial charge in [0.05, 0.1) is 23.0 Å². The summed E-state index contributed by atoms with van der Waals surface area (Å²) in [5.74, 6) is 1.69. The number of halogens is 4. The van der Waals surface area contributed by atoms with Crippen molar-refractivity contribution in [2.24, 2.45) is 28.7 Å². The van der Waals surface area contributed by atoms with Gasteiger partial charge in [0.2, 0.25) is 5.91 Å². The van der Waals surface area contributed by atoms with Crippen LogP contribution in [0.1, 0.15) is 189 Å². The quantitative estimate of drug-likeness (QED) is 0.119. The predicted octanol–water partition coefficient (Wildman–Crippen LogP) is 12.3. The molecular weight excluding hydrogens is 1150 g/mol. The summed E-state index contributed by atoms with van der Waals surface area (Å²) >= 11 is 6.20. The van der Waals surface area contributed by atoms with E-state index >= 15 is 0 Å². The number of alkyl halides is 3. The molecule has 4 aliphatic heterocycles. The first kappa shape index (κ1) is 72.7. The molecule has 11 atom stereocenters. The van der Waals surface area contributed by atoms with Crippen LogP contribution in [0.15, 0.2) is 71.2 Å². The molecule has 7 rings (SSSR count). The van der Waals surface area contributed by atoms with Crippen LogP contribution in [-0.2, 0) is 22.1 Å². The SMILES string of the molecule is CC[C@H](C)[C@H]1CN[C@@H](CCOC)C(C)NCC2[C@@H](C(=O)N3CCCCC3)C(C)N2[C@@H](C(C)C)C(C)NC2(CCCC2)CNCCN=CC=C(CCc2ccc(C(F)(F)F)c(Cl)c2)NC=CN(C)C=C(CC2CCCCC2)N(C)C=C2CCCN2[C@@H](C)C(C)N1. The molecule has 1 aromatic rings. The minimum atomic E-state index is -4.52. The monoisotopic (exact) mass is 1260 g/mol. The van der Waals surface area contributed by atoms with Crippen LogP contribution in [0.25, 0.3) is 0 Å². The summed E-state index contributed by atoms with van der Waals surface area (Å²) < 4.78 is 46.8. The van der Waals surface area contributed by atoms with Crippen molar-refractivity contribution in [3.63, 3.8) is 0 Å². The molecule has 2 saturated carbocycles. The molecule has 3 saturated heterocycles. The third-order valence-corrected chi connectivity index (χ3v) is 21.6. The lowest BCUT2D eigenvalue weighted by Crippen LogP contribution is -2.76. The van der Waals surface area contributed by atoms with E-state index < -0.39 is 11.7 Å². The maximum atomic E-state index is 14.8. The summed E-state index contributed by atoms with van der Waals surface area (Å²) in [6.45, 7) is 28.4. The van der Waals surface area contributed by atoms with Crippen molar-refractivity contribution in [2.45, 2.75) is 250 Å². The smallest absolute Gasteiger partial charge is 0.385 e. The highest BCUT2D eigenvalue weighted by atomic mass is 35.5. The van der Waals surface area contributed by atoms with Crippen molar-refractivity contribution >= 4 is 23.7 Å². The zero-order valence-corrected chi connectivity index (χ0v) is 57.8. The van der Waals surface area contributed by atoms with Crippen LogP contribution in [0.5, 0.6) is 0 Å². The highest BCUT2D eigenvalue weighted by molar-refractivity contribution is 6.31. The number of ether oxygens (including phenoxy) is 1. The van der Waals surface area contributed by atoms with Crippen LogP contribution in [0.3, 0.4) is 0 Å². The van der Waals surface area contributed by atoms with E-state index in [4.69, 9.17) is 21.3 Å². The largest absolute Gasteiger partial charge is 0.417 e. The minimum Gasteiger partial charge on any atom is -0.385 e. The molecule has 6 N–H and O–H groups in total. The maximum absolute atomic E-state index is 14.8. The molecule has 2 aliphatic carbocycles.